The van der Waals surface area contributed by atoms with Crippen LogP contribution in [0.15, 0.2) is 12.1 Å². The third-order valence-corrected chi connectivity index (χ3v) is 3.50. The van der Waals surface area contributed by atoms with Crippen LogP contribution in [0.25, 0.3) is 0 Å². The summed E-state index contributed by atoms with van der Waals surface area (Å²) in [5, 5.41) is 0. The summed E-state index contributed by atoms with van der Waals surface area (Å²) >= 11 is 0. The summed E-state index contributed by atoms with van der Waals surface area (Å²) in [4.78, 5) is 0. The van der Waals surface area contributed by atoms with Crippen molar-refractivity contribution in [3.05, 3.63) is 34.4 Å². The SMILES string of the molecule is Cc1cc(C(C)(C)C)cc(C)c1C1(C)CO1. The molecule has 1 nitrogen and oxygen atoms in total. The molecule has 0 aliphatic carbocycles. The van der Waals surface area contributed by atoms with Crippen molar-refractivity contribution < 1.29 is 4.74 Å². The molecule has 16 heavy (non-hydrogen) atoms. The average Bonchev–Trinajstić information content (AvgIpc) is 2.81. The van der Waals surface area contributed by atoms with Gasteiger partial charge in [-0.3, -0.25) is 0 Å². The van der Waals surface area contributed by atoms with Gasteiger partial charge in [-0.1, -0.05) is 32.9 Å². The molecule has 1 aromatic rings. The molecule has 1 aromatic carbocycles. The van der Waals surface area contributed by atoms with Crippen molar-refractivity contribution >= 4 is 0 Å². The molecule has 2 rings (SSSR count). The van der Waals surface area contributed by atoms with Crippen LogP contribution in [0.4, 0.5) is 0 Å². The van der Waals surface area contributed by atoms with Gasteiger partial charge in [-0.05, 0) is 48.4 Å². The van der Waals surface area contributed by atoms with Crippen LogP contribution >= 0.6 is 0 Å². The largest absolute Gasteiger partial charge is 0.365 e. The zero-order chi connectivity index (χ0) is 12.1. The first-order valence-corrected chi connectivity index (χ1v) is 6.00. The van der Waals surface area contributed by atoms with Crippen LogP contribution in [0, 0.1) is 13.8 Å². The van der Waals surface area contributed by atoms with E-state index in [0.29, 0.717) is 0 Å². The van der Waals surface area contributed by atoms with E-state index in [2.05, 4.69) is 53.7 Å². The van der Waals surface area contributed by atoms with E-state index in [4.69, 9.17) is 4.74 Å². The molecule has 1 fully saturated rings. The summed E-state index contributed by atoms with van der Waals surface area (Å²) < 4.78 is 5.57. The van der Waals surface area contributed by atoms with Crippen molar-refractivity contribution in [3.8, 4) is 0 Å². The van der Waals surface area contributed by atoms with Gasteiger partial charge in [-0.15, -0.1) is 0 Å². The third kappa shape index (κ3) is 1.89. The van der Waals surface area contributed by atoms with Crippen LogP contribution in [0.1, 0.15) is 49.9 Å². The summed E-state index contributed by atoms with van der Waals surface area (Å²) in [6.45, 7) is 14.2. The number of epoxide rings is 1. The van der Waals surface area contributed by atoms with Crippen LogP contribution in [-0.4, -0.2) is 6.61 Å². The minimum absolute atomic E-state index is 0.00934. The lowest BCUT2D eigenvalue weighted by Gasteiger charge is -2.23. The minimum atomic E-state index is -0.00934. The second-order valence-corrected chi connectivity index (χ2v) is 6.25. The topological polar surface area (TPSA) is 12.5 Å². The Bertz CT molecular complexity index is 397. The molecule has 1 heteroatoms. The van der Waals surface area contributed by atoms with Gasteiger partial charge in [0.05, 0.1) is 6.61 Å². The van der Waals surface area contributed by atoms with Crippen LogP contribution in [-0.2, 0) is 15.8 Å². The van der Waals surface area contributed by atoms with Crippen LogP contribution in [0.3, 0.4) is 0 Å². The molecule has 1 saturated heterocycles. The van der Waals surface area contributed by atoms with Crippen molar-refractivity contribution in [2.45, 2.75) is 52.6 Å². The lowest BCUT2D eigenvalue weighted by Crippen LogP contribution is -2.15. The van der Waals surface area contributed by atoms with Gasteiger partial charge in [0, 0.05) is 0 Å². The summed E-state index contributed by atoms with van der Waals surface area (Å²) in [6, 6.07) is 4.63. The molecule has 0 aromatic heterocycles. The summed E-state index contributed by atoms with van der Waals surface area (Å²) in [5.41, 5.74) is 5.75. The number of benzene rings is 1. The van der Waals surface area contributed by atoms with Gasteiger partial charge in [-0.25, -0.2) is 0 Å². The Kier molecular flexibility index (Phi) is 2.43. The fourth-order valence-electron chi connectivity index (χ4n) is 2.48. The molecule has 1 aliphatic rings. The molecule has 88 valence electrons. The van der Waals surface area contributed by atoms with Crippen molar-refractivity contribution in [3.63, 3.8) is 0 Å². The highest BCUT2D eigenvalue weighted by atomic mass is 16.6. The van der Waals surface area contributed by atoms with E-state index in [1.807, 2.05) is 0 Å². The van der Waals surface area contributed by atoms with Crippen LogP contribution in [0.5, 0.6) is 0 Å². The molecule has 1 aliphatic heterocycles. The first kappa shape index (κ1) is 11.7. The normalized spacial score (nSPS) is 24.6. The molecular weight excluding hydrogens is 196 g/mol. The van der Waals surface area contributed by atoms with E-state index in [0.717, 1.165) is 6.61 Å². The number of aryl methyl sites for hydroxylation is 2. The van der Waals surface area contributed by atoms with Gasteiger partial charge < -0.3 is 4.74 Å². The fraction of sp³-hybridized carbons (Fsp3) is 0.600. The number of rotatable bonds is 1. The van der Waals surface area contributed by atoms with Crippen LogP contribution in [0.2, 0.25) is 0 Å². The number of hydrogen-bond acceptors (Lipinski definition) is 1. The van der Waals surface area contributed by atoms with Gasteiger partial charge in [0.25, 0.3) is 0 Å². The van der Waals surface area contributed by atoms with Gasteiger partial charge in [0.1, 0.15) is 5.60 Å². The Morgan fingerprint density at radius 2 is 1.56 bits per heavy atom. The molecule has 0 N–H and O–H groups in total. The highest BCUT2D eigenvalue weighted by molar-refractivity contribution is 5.45. The molecule has 0 spiro atoms. The smallest absolute Gasteiger partial charge is 0.114 e. The maximum atomic E-state index is 5.57. The van der Waals surface area contributed by atoms with E-state index in [1.54, 1.807) is 0 Å². The van der Waals surface area contributed by atoms with E-state index < -0.39 is 0 Å². The van der Waals surface area contributed by atoms with Crippen LogP contribution < -0.4 is 0 Å². The predicted molar refractivity (Wildman–Crippen MR) is 67.9 cm³/mol. The lowest BCUT2D eigenvalue weighted by molar-refractivity contribution is 0.327. The van der Waals surface area contributed by atoms with Crippen molar-refractivity contribution in [1.29, 1.82) is 0 Å². The zero-order valence-electron chi connectivity index (χ0n) is 11.3. The number of ether oxygens (including phenoxy) is 1. The van der Waals surface area contributed by atoms with Crippen molar-refractivity contribution in [2.75, 3.05) is 6.61 Å². The Morgan fingerprint density at radius 3 is 1.88 bits per heavy atom. The highest BCUT2D eigenvalue weighted by Crippen LogP contribution is 2.42. The van der Waals surface area contributed by atoms with Gasteiger partial charge in [0.15, 0.2) is 0 Å². The third-order valence-electron chi connectivity index (χ3n) is 3.50. The van der Waals surface area contributed by atoms with Gasteiger partial charge in [-0.2, -0.15) is 0 Å². The highest BCUT2D eigenvalue weighted by Gasteiger charge is 2.43. The van der Waals surface area contributed by atoms with E-state index in [-0.39, 0.29) is 11.0 Å². The summed E-state index contributed by atoms with van der Waals surface area (Å²) in [6.07, 6.45) is 0. The Labute approximate surface area is 98.8 Å². The molecular formula is C15H22O. The number of hydrogen-bond donors (Lipinski definition) is 0. The quantitative estimate of drug-likeness (QED) is 0.652. The Balaban J connectivity index is 2.52. The molecule has 1 heterocycles. The predicted octanol–water partition coefficient (Wildman–Crippen LogP) is 3.85. The molecule has 0 amide bonds. The summed E-state index contributed by atoms with van der Waals surface area (Å²) in [7, 11) is 0. The van der Waals surface area contributed by atoms with E-state index >= 15 is 0 Å². The molecule has 0 radical (unpaired) electrons. The lowest BCUT2D eigenvalue weighted by atomic mass is 9.82. The maximum absolute atomic E-state index is 5.57. The van der Waals surface area contributed by atoms with Gasteiger partial charge >= 0.3 is 0 Å². The molecule has 0 bridgehead atoms. The Morgan fingerprint density at radius 1 is 1.12 bits per heavy atom. The first-order valence-electron chi connectivity index (χ1n) is 6.00. The average molecular weight is 218 g/mol. The van der Waals surface area contributed by atoms with Crippen molar-refractivity contribution in [2.24, 2.45) is 0 Å². The second-order valence-electron chi connectivity index (χ2n) is 6.25. The molecule has 1 atom stereocenters. The monoisotopic (exact) mass is 218 g/mol. The summed E-state index contributed by atoms with van der Waals surface area (Å²) in [5.74, 6) is 0. The molecule has 0 saturated carbocycles. The van der Waals surface area contributed by atoms with Crippen molar-refractivity contribution in [1.82, 2.24) is 0 Å². The Hall–Kier alpha value is -0.820. The van der Waals surface area contributed by atoms with E-state index in [9.17, 15) is 0 Å². The van der Waals surface area contributed by atoms with E-state index in [1.165, 1.54) is 22.3 Å². The zero-order valence-corrected chi connectivity index (χ0v) is 11.3. The second kappa shape index (κ2) is 3.33. The standard InChI is InChI=1S/C15H22O/c1-10-7-12(14(3,4)5)8-11(2)13(10)15(6)9-16-15/h7-8H,9H2,1-6H3. The maximum Gasteiger partial charge on any atom is 0.114 e. The van der Waals surface area contributed by atoms with Gasteiger partial charge in [0.2, 0.25) is 0 Å². The minimum Gasteiger partial charge on any atom is -0.365 e. The fourth-order valence-corrected chi connectivity index (χ4v) is 2.48. The first-order chi connectivity index (χ1) is 7.24. The molecule has 1 unspecified atom stereocenters.